The van der Waals surface area contributed by atoms with Gasteiger partial charge < -0.3 is 4.90 Å². The number of benzene rings is 1. The third-order valence-electron chi connectivity index (χ3n) is 4.44. The number of para-hydroxylation sites is 1. The summed E-state index contributed by atoms with van der Waals surface area (Å²) in [6.07, 6.45) is 2.67. The zero-order valence-corrected chi connectivity index (χ0v) is 14.2. The molecule has 23 heavy (non-hydrogen) atoms. The first-order valence-electron chi connectivity index (χ1n) is 8.30. The number of aromatic nitrogens is 2. The van der Waals surface area contributed by atoms with E-state index in [1.54, 1.807) is 6.07 Å². The minimum absolute atomic E-state index is 0.282. The maximum absolute atomic E-state index is 13.9. The lowest BCUT2D eigenvalue weighted by Crippen LogP contribution is -2.47. The summed E-state index contributed by atoms with van der Waals surface area (Å²) in [7, 11) is 0. The molecule has 1 aromatic carbocycles. The zero-order chi connectivity index (χ0) is 16.4. The largest absolute Gasteiger partial charge is 0.353 e. The number of halogens is 1. The number of piperazine rings is 1. The van der Waals surface area contributed by atoms with Crippen LogP contribution in [0.4, 0.5) is 10.2 Å². The number of hydrogen-bond acceptors (Lipinski definition) is 4. The molecule has 2 aromatic rings. The molecule has 5 heteroatoms. The molecule has 1 fully saturated rings. The van der Waals surface area contributed by atoms with Crippen LogP contribution >= 0.6 is 0 Å². The van der Waals surface area contributed by atoms with Crippen LogP contribution < -0.4 is 4.90 Å². The molecule has 0 saturated carbocycles. The lowest BCUT2D eigenvalue weighted by atomic mass is 9.92. The molecule has 0 aliphatic carbocycles. The van der Waals surface area contributed by atoms with E-state index in [0.717, 1.165) is 43.9 Å². The van der Waals surface area contributed by atoms with Crippen molar-refractivity contribution in [3.63, 3.8) is 0 Å². The fraction of sp³-hybridized carbons (Fsp3) is 0.556. The first kappa shape index (κ1) is 16.1. The van der Waals surface area contributed by atoms with Gasteiger partial charge in [-0.1, -0.05) is 26.8 Å². The van der Waals surface area contributed by atoms with E-state index < -0.39 is 0 Å². The second-order valence-electron chi connectivity index (χ2n) is 7.47. The molecule has 0 bridgehead atoms. The van der Waals surface area contributed by atoms with Gasteiger partial charge in [-0.3, -0.25) is 4.90 Å². The van der Waals surface area contributed by atoms with E-state index in [0.29, 0.717) is 10.9 Å². The highest BCUT2D eigenvalue weighted by molar-refractivity contribution is 5.89. The molecular formula is C18H25FN4. The van der Waals surface area contributed by atoms with E-state index in [1.165, 1.54) is 18.8 Å². The van der Waals surface area contributed by atoms with E-state index in [9.17, 15) is 4.39 Å². The molecule has 124 valence electrons. The highest BCUT2D eigenvalue weighted by atomic mass is 19.1. The Hall–Kier alpha value is -1.75. The number of fused-ring (bicyclic) bond motifs is 1. The number of nitrogens with zero attached hydrogens (tertiary/aromatic N) is 4. The van der Waals surface area contributed by atoms with Gasteiger partial charge >= 0.3 is 0 Å². The standard InChI is InChI=1S/C18H25FN4/c1-18(2,3)7-8-22-9-11-23(12-10-22)17-14-5-4-6-15(19)16(14)20-13-21-17/h4-6,13H,7-12H2,1-3H3. The molecule has 4 nitrogen and oxygen atoms in total. The van der Waals surface area contributed by atoms with Crippen molar-refractivity contribution >= 4 is 16.7 Å². The fourth-order valence-electron chi connectivity index (χ4n) is 2.97. The molecule has 3 rings (SSSR count). The molecule has 1 saturated heterocycles. The summed E-state index contributed by atoms with van der Waals surface area (Å²) in [5.41, 5.74) is 0.782. The molecule has 1 aliphatic rings. The molecule has 0 amide bonds. The molecular weight excluding hydrogens is 291 g/mol. The van der Waals surface area contributed by atoms with Crippen LogP contribution in [0.3, 0.4) is 0 Å². The predicted octanol–water partition coefficient (Wildman–Crippen LogP) is 3.33. The minimum atomic E-state index is -0.282. The van der Waals surface area contributed by atoms with Gasteiger partial charge in [0.05, 0.1) is 0 Å². The smallest absolute Gasteiger partial charge is 0.149 e. The van der Waals surface area contributed by atoms with Crippen LogP contribution in [0.15, 0.2) is 24.5 Å². The molecule has 0 atom stereocenters. The number of anilines is 1. The number of hydrogen-bond donors (Lipinski definition) is 0. The van der Waals surface area contributed by atoms with Crippen molar-refractivity contribution < 1.29 is 4.39 Å². The first-order valence-corrected chi connectivity index (χ1v) is 8.30. The summed E-state index contributed by atoms with van der Waals surface area (Å²) in [6, 6.07) is 5.08. The van der Waals surface area contributed by atoms with Crippen molar-refractivity contribution in [2.24, 2.45) is 5.41 Å². The van der Waals surface area contributed by atoms with Crippen molar-refractivity contribution in [1.82, 2.24) is 14.9 Å². The van der Waals surface area contributed by atoms with Gasteiger partial charge in [-0.2, -0.15) is 0 Å². The monoisotopic (exact) mass is 316 g/mol. The average Bonchev–Trinajstić information content (AvgIpc) is 2.53. The summed E-state index contributed by atoms with van der Waals surface area (Å²) < 4.78 is 13.9. The van der Waals surface area contributed by atoms with E-state index in [4.69, 9.17) is 0 Å². The Bertz CT molecular complexity index is 672. The van der Waals surface area contributed by atoms with Crippen LogP contribution in [-0.2, 0) is 0 Å². The van der Waals surface area contributed by atoms with Crippen LogP contribution in [0, 0.1) is 11.2 Å². The van der Waals surface area contributed by atoms with Crippen molar-refractivity contribution in [2.75, 3.05) is 37.6 Å². The number of rotatable bonds is 3. The maximum Gasteiger partial charge on any atom is 0.149 e. The SMILES string of the molecule is CC(C)(C)CCN1CCN(c2ncnc3c(F)cccc23)CC1. The Morgan fingerprint density at radius 3 is 2.52 bits per heavy atom. The summed E-state index contributed by atoms with van der Waals surface area (Å²) >= 11 is 0. The van der Waals surface area contributed by atoms with Crippen molar-refractivity contribution in [1.29, 1.82) is 0 Å². The second-order valence-corrected chi connectivity index (χ2v) is 7.47. The molecule has 0 unspecified atom stereocenters. The van der Waals surface area contributed by atoms with E-state index in [1.807, 2.05) is 6.07 Å². The van der Waals surface area contributed by atoms with Gasteiger partial charge in [-0.05, 0) is 30.5 Å². The van der Waals surface area contributed by atoms with E-state index in [2.05, 4.69) is 40.5 Å². The normalized spacial score (nSPS) is 17.0. The van der Waals surface area contributed by atoms with Crippen LogP contribution in [0.1, 0.15) is 27.2 Å². The summed E-state index contributed by atoms with van der Waals surface area (Å²) in [4.78, 5) is 13.2. The molecule has 0 spiro atoms. The van der Waals surface area contributed by atoms with Crippen molar-refractivity contribution in [3.8, 4) is 0 Å². The van der Waals surface area contributed by atoms with Gasteiger partial charge in [0.1, 0.15) is 23.5 Å². The molecule has 2 heterocycles. The van der Waals surface area contributed by atoms with Gasteiger partial charge in [0.2, 0.25) is 0 Å². The fourth-order valence-corrected chi connectivity index (χ4v) is 2.97. The zero-order valence-electron chi connectivity index (χ0n) is 14.2. The first-order chi connectivity index (χ1) is 10.9. The highest BCUT2D eigenvalue weighted by Crippen LogP contribution is 2.26. The van der Waals surface area contributed by atoms with Crippen LogP contribution in [-0.4, -0.2) is 47.6 Å². The summed E-state index contributed by atoms with van der Waals surface area (Å²) in [6.45, 7) is 11.9. The third-order valence-corrected chi connectivity index (χ3v) is 4.44. The molecule has 0 radical (unpaired) electrons. The Balaban J connectivity index is 1.70. The third kappa shape index (κ3) is 3.78. The minimum Gasteiger partial charge on any atom is -0.353 e. The molecule has 1 aromatic heterocycles. The van der Waals surface area contributed by atoms with E-state index >= 15 is 0 Å². The highest BCUT2D eigenvalue weighted by Gasteiger charge is 2.21. The Morgan fingerprint density at radius 1 is 1.09 bits per heavy atom. The van der Waals surface area contributed by atoms with Crippen molar-refractivity contribution in [2.45, 2.75) is 27.2 Å². The van der Waals surface area contributed by atoms with Gasteiger partial charge in [0, 0.05) is 31.6 Å². The molecule has 0 N–H and O–H groups in total. The van der Waals surface area contributed by atoms with Gasteiger partial charge in [-0.15, -0.1) is 0 Å². The maximum atomic E-state index is 13.9. The van der Waals surface area contributed by atoms with E-state index in [-0.39, 0.29) is 5.82 Å². The van der Waals surface area contributed by atoms with Crippen LogP contribution in [0.25, 0.3) is 10.9 Å². The lowest BCUT2D eigenvalue weighted by Gasteiger charge is -2.36. The summed E-state index contributed by atoms with van der Waals surface area (Å²) in [5.74, 6) is 0.569. The summed E-state index contributed by atoms with van der Waals surface area (Å²) in [5, 5.41) is 0.802. The average molecular weight is 316 g/mol. The topological polar surface area (TPSA) is 32.3 Å². The van der Waals surface area contributed by atoms with Crippen LogP contribution in [0.5, 0.6) is 0 Å². The Kier molecular flexibility index (Phi) is 4.48. The Morgan fingerprint density at radius 2 is 1.83 bits per heavy atom. The van der Waals surface area contributed by atoms with Crippen LogP contribution in [0.2, 0.25) is 0 Å². The van der Waals surface area contributed by atoms with Crippen molar-refractivity contribution in [3.05, 3.63) is 30.3 Å². The lowest BCUT2D eigenvalue weighted by molar-refractivity contribution is 0.217. The molecule has 1 aliphatic heterocycles. The van der Waals surface area contributed by atoms with Gasteiger partial charge in [-0.25, -0.2) is 14.4 Å². The Labute approximate surface area is 137 Å². The second kappa shape index (κ2) is 6.40. The van der Waals surface area contributed by atoms with Gasteiger partial charge in [0.15, 0.2) is 0 Å². The predicted molar refractivity (Wildman–Crippen MR) is 92.2 cm³/mol. The quantitative estimate of drug-likeness (QED) is 0.869. The van der Waals surface area contributed by atoms with Gasteiger partial charge in [0.25, 0.3) is 0 Å².